The van der Waals surface area contributed by atoms with E-state index in [2.05, 4.69) is 4.99 Å². The second-order valence-corrected chi connectivity index (χ2v) is 10.4. The Balaban J connectivity index is 1.54. The first-order valence-electron chi connectivity index (χ1n) is 11.5. The van der Waals surface area contributed by atoms with Crippen LogP contribution in [-0.4, -0.2) is 42.2 Å². The van der Waals surface area contributed by atoms with Crippen molar-refractivity contribution >= 4 is 34.9 Å². The third kappa shape index (κ3) is 3.81. The molecule has 0 aromatic heterocycles. The summed E-state index contributed by atoms with van der Waals surface area (Å²) in [6.07, 6.45) is 2.22. The summed E-state index contributed by atoms with van der Waals surface area (Å²) >= 11 is 1.89. The summed E-state index contributed by atoms with van der Waals surface area (Å²) in [4.78, 5) is 19.0. The van der Waals surface area contributed by atoms with Crippen molar-refractivity contribution in [3.8, 4) is 5.75 Å². The number of hydrogen-bond acceptors (Lipinski definition) is 5. The molecule has 33 heavy (non-hydrogen) atoms. The molecule has 2 spiro atoms. The van der Waals surface area contributed by atoms with Crippen molar-refractivity contribution in [2.45, 2.75) is 69.2 Å². The van der Waals surface area contributed by atoms with Gasteiger partial charge in [0.25, 0.3) is 5.91 Å². The second-order valence-electron chi connectivity index (χ2n) is 9.86. The van der Waals surface area contributed by atoms with Crippen LogP contribution in [0.4, 0.5) is 13.2 Å². The number of benzene rings is 1. The van der Waals surface area contributed by atoms with E-state index in [-0.39, 0.29) is 12.1 Å². The number of guanidine groups is 1. The number of fused-ring (bicyclic) bond motifs is 3. The number of hydrogen-bond donors (Lipinski definition) is 1. The van der Waals surface area contributed by atoms with Crippen molar-refractivity contribution in [3.05, 3.63) is 29.3 Å². The Morgan fingerprint density at radius 2 is 1.94 bits per heavy atom. The zero-order valence-corrected chi connectivity index (χ0v) is 20.3. The average Bonchev–Trinajstić information content (AvgIpc) is 3.13. The Morgan fingerprint density at radius 3 is 2.55 bits per heavy atom. The highest BCUT2D eigenvalue weighted by atomic mass is 127. The van der Waals surface area contributed by atoms with Crippen molar-refractivity contribution in [2.24, 2.45) is 22.1 Å². The van der Waals surface area contributed by atoms with E-state index in [1.807, 2.05) is 41.2 Å². The van der Waals surface area contributed by atoms with Gasteiger partial charge in [-0.1, -0.05) is 12.5 Å². The van der Waals surface area contributed by atoms with E-state index in [9.17, 15) is 18.0 Å². The highest BCUT2D eigenvalue weighted by molar-refractivity contribution is 14.1. The lowest BCUT2D eigenvalue weighted by molar-refractivity contribution is -0.158. The van der Waals surface area contributed by atoms with Crippen molar-refractivity contribution < 1.29 is 25.8 Å². The fraction of sp³-hybridized carbons (Fsp3) is 0.652. The molecule has 3 aliphatic carbocycles. The molecule has 180 valence electrons. The van der Waals surface area contributed by atoms with E-state index in [0.29, 0.717) is 60.8 Å². The number of aliphatic imine (C=N–C) groups is 1. The summed E-state index contributed by atoms with van der Waals surface area (Å²) in [5.41, 5.74) is 5.48. The maximum atomic E-state index is 13.8. The molecule has 1 aliphatic heterocycles. The Morgan fingerprint density at radius 1 is 1.21 bits per heavy atom. The van der Waals surface area contributed by atoms with Crippen molar-refractivity contribution in [1.82, 2.24) is 4.90 Å². The number of carbonyl (C=O) groups is 1. The molecular weight excluding hydrogens is 550 g/mol. The molecule has 1 aromatic carbocycles. The maximum absolute atomic E-state index is 13.8. The number of amides is 1. The largest absolute Gasteiger partial charge is 0.493 e. The fourth-order valence-electron chi connectivity index (χ4n) is 5.99. The van der Waals surface area contributed by atoms with Crippen molar-refractivity contribution in [2.75, 3.05) is 13.2 Å². The predicted molar refractivity (Wildman–Crippen MR) is 124 cm³/mol. The summed E-state index contributed by atoms with van der Waals surface area (Å²) in [6.45, 7) is -0.836. The lowest BCUT2D eigenvalue weighted by Gasteiger charge is -2.45. The molecule has 5 rings (SSSR count). The number of nitrogens with zero attached hydrogens (tertiary/aromatic N) is 2. The Kier molecular flexibility index (Phi) is 5.82. The number of alkyl halides is 3. The molecule has 1 heterocycles. The van der Waals surface area contributed by atoms with Gasteiger partial charge in [-0.2, -0.15) is 13.2 Å². The first kappa shape index (κ1) is 23.2. The molecule has 10 heteroatoms. The second kappa shape index (κ2) is 8.28. The van der Waals surface area contributed by atoms with Crippen LogP contribution in [0.3, 0.4) is 0 Å². The Hall–Kier alpha value is -1.56. The van der Waals surface area contributed by atoms with Gasteiger partial charge in [-0.3, -0.25) is 9.69 Å². The summed E-state index contributed by atoms with van der Waals surface area (Å²) < 4.78 is 51.4. The molecule has 0 radical (unpaired) electrons. The van der Waals surface area contributed by atoms with Gasteiger partial charge in [-0.05, 0) is 74.1 Å². The molecule has 0 saturated heterocycles. The SMILES string of the molecule is NC1=NC2(C(=O)N1CC(F)(F)F)c1cc(OCC3CCC3)ccc1CC21CCC(OI)CC1. The first-order chi connectivity index (χ1) is 15.7. The van der Waals surface area contributed by atoms with E-state index >= 15 is 0 Å². The van der Waals surface area contributed by atoms with Crippen LogP contribution >= 0.6 is 23.0 Å². The van der Waals surface area contributed by atoms with Gasteiger partial charge < -0.3 is 13.5 Å². The highest BCUT2D eigenvalue weighted by Crippen LogP contribution is 2.62. The van der Waals surface area contributed by atoms with E-state index in [0.717, 1.165) is 18.4 Å². The number of halogens is 4. The number of rotatable bonds is 5. The van der Waals surface area contributed by atoms with Gasteiger partial charge in [0.05, 0.1) is 12.7 Å². The van der Waals surface area contributed by atoms with E-state index in [4.69, 9.17) is 13.5 Å². The Bertz CT molecular complexity index is 973. The van der Waals surface area contributed by atoms with E-state index in [1.165, 1.54) is 6.42 Å². The minimum atomic E-state index is -4.57. The molecule has 6 nitrogen and oxygen atoms in total. The molecule has 4 aliphatic rings. The molecule has 2 saturated carbocycles. The van der Waals surface area contributed by atoms with E-state index < -0.39 is 29.6 Å². The number of carbonyl (C=O) groups excluding carboxylic acids is 1. The molecule has 0 bridgehead atoms. The third-order valence-corrected chi connectivity index (χ3v) is 8.66. The van der Waals surface area contributed by atoms with Crippen LogP contribution < -0.4 is 10.5 Å². The molecule has 1 amide bonds. The van der Waals surface area contributed by atoms with Crippen LogP contribution in [0, 0.1) is 11.3 Å². The quantitative estimate of drug-likeness (QED) is 0.518. The summed E-state index contributed by atoms with van der Waals surface area (Å²) in [7, 11) is 0. The van der Waals surface area contributed by atoms with Crippen molar-refractivity contribution in [1.29, 1.82) is 0 Å². The third-order valence-electron chi connectivity index (χ3n) is 7.94. The maximum Gasteiger partial charge on any atom is 0.406 e. The minimum Gasteiger partial charge on any atom is -0.493 e. The topological polar surface area (TPSA) is 77.2 Å². The van der Waals surface area contributed by atoms with Gasteiger partial charge >= 0.3 is 6.18 Å². The lowest BCUT2D eigenvalue weighted by atomic mass is 9.61. The van der Waals surface area contributed by atoms with Gasteiger partial charge in [0.1, 0.15) is 35.3 Å². The average molecular weight is 577 g/mol. The molecule has 1 aromatic rings. The van der Waals surface area contributed by atoms with Crippen LogP contribution in [0.1, 0.15) is 56.1 Å². The van der Waals surface area contributed by atoms with Gasteiger partial charge in [-0.25, -0.2) is 4.99 Å². The van der Waals surface area contributed by atoms with Crippen LogP contribution in [0.2, 0.25) is 0 Å². The van der Waals surface area contributed by atoms with Gasteiger partial charge in [0, 0.05) is 5.41 Å². The van der Waals surface area contributed by atoms with Crippen LogP contribution in [0.15, 0.2) is 23.2 Å². The molecular formula is C23H27F3IN3O3. The van der Waals surface area contributed by atoms with Gasteiger partial charge in [-0.15, -0.1) is 0 Å². The minimum absolute atomic E-state index is 0.0578. The standard InChI is InChI=1S/C23H27F3IN3O3/c24-22(25,26)13-30-19(31)23(29-20(30)28)18-10-17(32-12-14-2-1-3-14)5-4-15(18)11-21(23)8-6-16(33-27)7-9-21/h4-5,10,14,16H,1-3,6-9,11-13H2,(H2,28,29). The smallest absolute Gasteiger partial charge is 0.406 e. The van der Waals surface area contributed by atoms with Crippen LogP contribution in [0.25, 0.3) is 0 Å². The van der Waals surface area contributed by atoms with Crippen LogP contribution in [-0.2, 0) is 19.8 Å². The summed E-state index contributed by atoms with van der Waals surface area (Å²) in [5, 5.41) is 0. The molecule has 2 N–H and O–H groups in total. The van der Waals surface area contributed by atoms with E-state index in [1.54, 1.807) is 0 Å². The monoisotopic (exact) mass is 577 g/mol. The highest BCUT2D eigenvalue weighted by Gasteiger charge is 2.67. The lowest BCUT2D eigenvalue weighted by Crippen LogP contribution is -2.53. The Labute approximate surface area is 204 Å². The molecule has 1 unspecified atom stereocenters. The van der Waals surface area contributed by atoms with Gasteiger partial charge in [0.15, 0.2) is 11.5 Å². The van der Waals surface area contributed by atoms with Crippen molar-refractivity contribution in [3.63, 3.8) is 0 Å². The number of ether oxygens (including phenoxy) is 1. The number of nitrogens with two attached hydrogens (primary N) is 1. The molecule has 1 atom stereocenters. The predicted octanol–water partition coefficient (Wildman–Crippen LogP) is 4.63. The van der Waals surface area contributed by atoms with Crippen LogP contribution in [0.5, 0.6) is 5.75 Å². The normalized spacial score (nSPS) is 31.8. The summed E-state index contributed by atoms with van der Waals surface area (Å²) in [5.74, 6) is 0.113. The zero-order valence-electron chi connectivity index (χ0n) is 18.2. The fourth-order valence-corrected chi connectivity index (χ4v) is 6.50. The molecule has 2 fully saturated rings. The first-order valence-corrected chi connectivity index (χ1v) is 12.3. The summed E-state index contributed by atoms with van der Waals surface area (Å²) in [6, 6.07) is 5.65. The zero-order chi connectivity index (χ0) is 23.4. The van der Waals surface area contributed by atoms with Gasteiger partial charge in [0.2, 0.25) is 0 Å².